The summed E-state index contributed by atoms with van der Waals surface area (Å²) in [6, 6.07) is 23.8. The number of rotatable bonds is 24. The monoisotopic (exact) mass is 1030 g/mol. The lowest BCUT2D eigenvalue weighted by Gasteiger charge is -2.20. The highest BCUT2D eigenvalue weighted by atomic mass is 32.2. The fourth-order valence-electron chi connectivity index (χ4n) is 8.33. The van der Waals surface area contributed by atoms with E-state index in [1.807, 2.05) is 42.7 Å². The number of amides is 3. The summed E-state index contributed by atoms with van der Waals surface area (Å²) >= 11 is 0. The van der Waals surface area contributed by atoms with Gasteiger partial charge in [-0.3, -0.25) is 28.7 Å². The fraction of sp³-hybridized carbons (Fsp3) is 0.327. The van der Waals surface area contributed by atoms with Crippen LogP contribution in [0.4, 0.5) is 11.6 Å². The molecule has 7 rings (SSSR count). The van der Waals surface area contributed by atoms with E-state index >= 15 is 0 Å². The molecule has 0 aliphatic rings. The van der Waals surface area contributed by atoms with E-state index < -0.39 is 39.3 Å². The van der Waals surface area contributed by atoms with E-state index in [1.54, 1.807) is 74.5 Å². The maximum atomic E-state index is 14.1. The number of aromatic nitrogens is 5. The molecular formula is C52H59N10O11S+. The molecule has 3 heterocycles. The largest absolute Gasteiger partial charge is 0.422 e. The van der Waals surface area contributed by atoms with E-state index in [1.165, 1.54) is 6.20 Å². The Kier molecular flexibility index (Phi) is 18.0. The van der Waals surface area contributed by atoms with E-state index in [0.717, 1.165) is 0 Å². The van der Waals surface area contributed by atoms with E-state index in [-0.39, 0.29) is 93.9 Å². The lowest BCUT2D eigenvalue weighted by atomic mass is 10.0. The Labute approximate surface area is 426 Å². The highest BCUT2D eigenvalue weighted by Crippen LogP contribution is 2.30. The van der Waals surface area contributed by atoms with Crippen LogP contribution in [0.25, 0.3) is 33.0 Å². The van der Waals surface area contributed by atoms with E-state index in [9.17, 15) is 36.9 Å². The SMILES string of the molecule is Cc1cc(C(=O)NCCOCCOCCNC(=O)C(CC(C)C)NC(=O)c2ccc(NCc3cnc4nc(N)[nH]c(=O)c4n3)cc2)cc(C)c1OC(=O)c1c2ccccc2[n+](CCCS(=O)(=O)O)c2ccccc12. The van der Waals surface area contributed by atoms with E-state index in [4.69, 9.17) is 19.9 Å². The summed E-state index contributed by atoms with van der Waals surface area (Å²) in [6.45, 7) is 9.30. The minimum absolute atomic E-state index is 0.0467. The third-order valence-corrected chi connectivity index (χ3v) is 12.5. The molecule has 1 unspecified atom stereocenters. The number of H-pyrrole nitrogens is 1. The first-order valence-corrected chi connectivity index (χ1v) is 25.6. The van der Waals surface area contributed by atoms with Crippen LogP contribution in [0.1, 0.15) is 74.6 Å². The van der Waals surface area contributed by atoms with Gasteiger partial charge in [-0.15, -0.1) is 0 Å². The number of esters is 1. The van der Waals surface area contributed by atoms with Crippen LogP contribution < -0.4 is 41.9 Å². The van der Waals surface area contributed by atoms with Crippen molar-refractivity contribution < 1.29 is 50.9 Å². The van der Waals surface area contributed by atoms with Crippen molar-refractivity contribution in [2.45, 2.75) is 59.7 Å². The normalized spacial score (nSPS) is 12.0. The van der Waals surface area contributed by atoms with Crippen molar-refractivity contribution in [3.05, 3.63) is 135 Å². The molecule has 0 bridgehead atoms. The van der Waals surface area contributed by atoms with Gasteiger partial charge in [0.1, 0.15) is 11.8 Å². The number of para-hydroxylation sites is 2. The number of nitrogens with two attached hydrogens (primary N) is 1. The molecule has 3 aromatic heterocycles. The molecule has 22 heteroatoms. The average Bonchev–Trinajstić information content (AvgIpc) is 3.36. The number of pyridine rings is 1. The van der Waals surface area contributed by atoms with Crippen LogP contribution in [0.3, 0.4) is 0 Å². The average molecular weight is 1030 g/mol. The van der Waals surface area contributed by atoms with Gasteiger partial charge < -0.3 is 41.2 Å². The zero-order valence-electron chi connectivity index (χ0n) is 41.4. The van der Waals surface area contributed by atoms with Gasteiger partial charge in [-0.25, -0.2) is 14.8 Å². The molecule has 8 N–H and O–H groups in total. The quantitative estimate of drug-likeness (QED) is 0.0111. The number of carbonyl (C=O) groups is 4. The van der Waals surface area contributed by atoms with Gasteiger partial charge >= 0.3 is 5.97 Å². The second-order valence-electron chi connectivity index (χ2n) is 17.9. The van der Waals surface area contributed by atoms with Crippen molar-refractivity contribution in [1.29, 1.82) is 0 Å². The molecule has 74 heavy (non-hydrogen) atoms. The van der Waals surface area contributed by atoms with Crippen LogP contribution in [0, 0.1) is 19.8 Å². The van der Waals surface area contributed by atoms with Crippen LogP contribution in [0.15, 0.2) is 95.9 Å². The number of hydrogen-bond donors (Lipinski definition) is 7. The number of nitrogens with zero attached hydrogens (tertiary/aromatic N) is 4. The summed E-state index contributed by atoms with van der Waals surface area (Å²) in [5, 5.41) is 12.9. The van der Waals surface area contributed by atoms with Gasteiger partial charge in [-0.1, -0.05) is 38.1 Å². The highest BCUT2D eigenvalue weighted by Gasteiger charge is 2.27. The zero-order chi connectivity index (χ0) is 52.9. The standard InChI is InChI=1S/C52H58N10O11S/c1-31(2)26-40(59-48(64)34-14-16-36(17-15-34)56-29-37-30-57-46-44(58-37)50(66)61-52(53)60-46)49(65)55-19-22-72-24-23-71-21-18-54-47(63)35-27-32(3)45(33(4)28-35)73-51(67)43-38-10-5-7-12-41(38)62(20-9-25-74(68,69)70)42-13-8-6-11-39(42)43/h5-8,10-17,27-28,30-31,40H,9,18-26,29H2,1-4H3,(H7-,53,54,55,56,57,59,60,61,63,64,65,66,68,69,70)/p+1. The number of ether oxygens (including phenoxy) is 3. The molecule has 0 aliphatic heterocycles. The van der Waals surface area contributed by atoms with E-state index in [2.05, 4.69) is 41.2 Å². The molecule has 0 fully saturated rings. The Bertz CT molecular complexity index is 3290. The number of carbonyl (C=O) groups excluding carboxylic acids is 4. The molecule has 7 aromatic rings. The maximum absolute atomic E-state index is 14.1. The molecule has 0 saturated carbocycles. The second-order valence-corrected chi connectivity index (χ2v) is 19.4. The molecule has 0 spiro atoms. The first kappa shape index (κ1) is 53.9. The third kappa shape index (κ3) is 14.2. The lowest BCUT2D eigenvalue weighted by Crippen LogP contribution is -2.48. The fourth-order valence-corrected chi connectivity index (χ4v) is 8.82. The molecule has 0 radical (unpaired) electrons. The Morgan fingerprint density at radius 1 is 0.811 bits per heavy atom. The number of nitrogen functional groups attached to an aromatic ring is 1. The first-order valence-electron chi connectivity index (χ1n) is 23.9. The van der Waals surface area contributed by atoms with Crippen LogP contribution >= 0.6 is 0 Å². The number of nitrogens with one attached hydrogen (secondary N) is 5. The Balaban J connectivity index is 0.812. The minimum Gasteiger partial charge on any atom is -0.422 e. The van der Waals surface area contributed by atoms with Crippen LogP contribution in [-0.4, -0.2) is 108 Å². The van der Waals surface area contributed by atoms with Crippen molar-refractivity contribution in [2.75, 3.05) is 56.3 Å². The van der Waals surface area contributed by atoms with Gasteiger partial charge in [-0.2, -0.15) is 18.0 Å². The lowest BCUT2D eigenvalue weighted by molar-refractivity contribution is -0.645. The maximum Gasteiger partial charge on any atom is 0.345 e. The Hall–Kier alpha value is -7.92. The van der Waals surface area contributed by atoms with Gasteiger partial charge in [0.2, 0.25) is 22.9 Å². The van der Waals surface area contributed by atoms with Gasteiger partial charge in [0.15, 0.2) is 17.7 Å². The smallest absolute Gasteiger partial charge is 0.345 e. The summed E-state index contributed by atoms with van der Waals surface area (Å²) in [5.74, 6) is -1.69. The van der Waals surface area contributed by atoms with Crippen molar-refractivity contribution in [2.24, 2.45) is 5.92 Å². The number of anilines is 2. The van der Waals surface area contributed by atoms with Crippen molar-refractivity contribution in [1.82, 2.24) is 35.9 Å². The number of aryl methyl sites for hydroxylation is 3. The van der Waals surface area contributed by atoms with Crippen LogP contribution in [-0.2, 0) is 37.5 Å². The van der Waals surface area contributed by atoms with Crippen molar-refractivity contribution >= 4 is 78.4 Å². The second kappa shape index (κ2) is 24.7. The summed E-state index contributed by atoms with van der Waals surface area (Å²) in [4.78, 5) is 80.6. The molecular weight excluding hydrogens is 973 g/mol. The molecule has 1 atom stereocenters. The molecule has 0 aliphatic carbocycles. The third-order valence-electron chi connectivity index (χ3n) is 11.7. The summed E-state index contributed by atoms with van der Waals surface area (Å²) in [5.41, 5.74) is 10.1. The molecule has 0 saturated heterocycles. The predicted octanol–water partition coefficient (Wildman–Crippen LogP) is 4.34. The number of hydrogen-bond acceptors (Lipinski definition) is 15. The van der Waals surface area contributed by atoms with Gasteiger partial charge in [0.25, 0.3) is 27.5 Å². The molecule has 388 valence electrons. The molecule has 4 aromatic carbocycles. The molecule has 3 amide bonds. The van der Waals surface area contributed by atoms with Crippen LogP contribution in [0.5, 0.6) is 5.75 Å². The Morgan fingerprint density at radius 2 is 1.43 bits per heavy atom. The van der Waals surface area contributed by atoms with Gasteiger partial charge in [-0.05, 0) is 85.8 Å². The topological polar surface area (TPSA) is 300 Å². The number of benzene rings is 4. The summed E-state index contributed by atoms with van der Waals surface area (Å²) < 4.78 is 51.5. The summed E-state index contributed by atoms with van der Waals surface area (Å²) in [6.07, 6.45) is 2.07. The predicted molar refractivity (Wildman–Crippen MR) is 277 cm³/mol. The Morgan fingerprint density at radius 3 is 2.05 bits per heavy atom. The number of fused-ring (bicyclic) bond motifs is 3. The summed E-state index contributed by atoms with van der Waals surface area (Å²) in [7, 11) is -4.15. The number of aromatic amines is 1. The van der Waals surface area contributed by atoms with Gasteiger partial charge in [0.05, 0.1) is 67.0 Å². The zero-order valence-corrected chi connectivity index (χ0v) is 42.2. The van der Waals surface area contributed by atoms with E-state index in [0.29, 0.717) is 73.2 Å². The molecule has 21 nitrogen and oxygen atoms in total. The van der Waals surface area contributed by atoms with Crippen molar-refractivity contribution in [3.63, 3.8) is 0 Å². The highest BCUT2D eigenvalue weighted by molar-refractivity contribution is 7.85. The first-order chi connectivity index (χ1) is 35.4. The minimum atomic E-state index is -4.15. The van der Waals surface area contributed by atoms with Crippen molar-refractivity contribution in [3.8, 4) is 5.75 Å². The van der Waals surface area contributed by atoms with Gasteiger partial charge in [0, 0.05) is 48.5 Å². The van der Waals surface area contributed by atoms with Crippen LogP contribution in [0.2, 0.25) is 0 Å².